The summed E-state index contributed by atoms with van der Waals surface area (Å²) in [7, 11) is -9.66. The van der Waals surface area contributed by atoms with Gasteiger partial charge in [0.05, 0.1) is 59.5 Å². The topological polar surface area (TPSA) is 191 Å². The molecule has 0 rings (SSSR count). The first-order valence-electron chi connectivity index (χ1n) is 13.9. The zero-order chi connectivity index (χ0) is 30.1. The normalized spacial score (nSPS) is 12.7. The monoisotopic (exact) mass is 614 g/mol. The molecular formula is C24H56O13P2. The molecule has 240 valence electrons. The molecule has 0 saturated heterocycles. The molecule has 0 radical (unpaired) electrons. The quantitative estimate of drug-likeness (QED) is 0.0689. The predicted octanol–water partition coefficient (Wildman–Crippen LogP) is 4.20. The summed E-state index contributed by atoms with van der Waals surface area (Å²) in [6.07, 6.45) is 11.1. The summed E-state index contributed by atoms with van der Waals surface area (Å²) in [5.74, 6) is 0. The van der Waals surface area contributed by atoms with Crippen LogP contribution in [0.1, 0.15) is 85.0 Å². The lowest BCUT2D eigenvalue weighted by atomic mass is 10.1. The van der Waals surface area contributed by atoms with Gasteiger partial charge in [-0.05, 0) is 20.3 Å². The molecule has 0 amide bonds. The highest BCUT2D eigenvalue weighted by Crippen LogP contribution is 2.57. The summed E-state index contributed by atoms with van der Waals surface area (Å²) >= 11 is 0. The summed E-state index contributed by atoms with van der Waals surface area (Å²) in [5.41, 5.74) is 0. The fourth-order valence-electron chi connectivity index (χ4n) is 2.80. The minimum Gasteiger partial charge on any atom is -0.394 e. The molecule has 0 aliphatic heterocycles. The third kappa shape index (κ3) is 48.1. The van der Waals surface area contributed by atoms with Crippen LogP contribution in [-0.2, 0) is 36.9 Å². The summed E-state index contributed by atoms with van der Waals surface area (Å²) in [6.45, 7) is 10.6. The maximum atomic E-state index is 11.1. The highest BCUT2D eigenvalue weighted by molar-refractivity contribution is 7.60. The van der Waals surface area contributed by atoms with Crippen molar-refractivity contribution in [2.75, 3.05) is 72.7 Å². The van der Waals surface area contributed by atoms with Crippen LogP contribution in [0.4, 0.5) is 0 Å². The van der Waals surface area contributed by atoms with E-state index in [-0.39, 0.29) is 19.8 Å². The van der Waals surface area contributed by atoms with E-state index in [4.69, 9.17) is 43.8 Å². The number of unbranched alkanes of at least 4 members (excludes halogenated alkanes) is 9. The van der Waals surface area contributed by atoms with E-state index < -0.39 is 15.6 Å². The van der Waals surface area contributed by atoms with Crippen molar-refractivity contribution in [3.63, 3.8) is 0 Å². The summed E-state index contributed by atoms with van der Waals surface area (Å²) in [6, 6.07) is 0. The second-order valence-corrected chi connectivity index (χ2v) is 11.0. The zero-order valence-electron chi connectivity index (χ0n) is 24.2. The molecule has 0 aromatic carbocycles. The standard InChI is InChI=1S/C12H28O7P2.C8H18O5.C4H10O/c1-2-3-4-5-6-7-8-9-10-11-12-18-21(16,17)19-20(13,14)15;9-1-3-11-5-7-13-8-6-12-4-2-10;1-3-5-4-2/h2-12H2,1H3,(H,16,17)(H2,13,14,15);9-10H,1-8H2;3-4H2,1-2H3. The van der Waals surface area contributed by atoms with Crippen LogP contribution in [0.3, 0.4) is 0 Å². The number of hydrogen-bond acceptors (Lipinski definition) is 10. The Bertz CT molecular complexity index is 538. The molecule has 5 N–H and O–H groups in total. The summed E-state index contributed by atoms with van der Waals surface area (Å²) < 4.78 is 49.5. The molecule has 0 spiro atoms. The van der Waals surface area contributed by atoms with Crippen molar-refractivity contribution in [3.05, 3.63) is 0 Å². The molecule has 0 aliphatic rings. The molecule has 0 saturated carbocycles. The first-order valence-corrected chi connectivity index (χ1v) is 16.9. The zero-order valence-corrected chi connectivity index (χ0v) is 26.0. The lowest BCUT2D eigenvalue weighted by Crippen LogP contribution is -2.11. The van der Waals surface area contributed by atoms with Crippen LogP contribution in [0.25, 0.3) is 0 Å². The van der Waals surface area contributed by atoms with E-state index in [1.165, 1.54) is 38.5 Å². The minimum absolute atomic E-state index is 0.0413. The Morgan fingerprint density at radius 3 is 1.23 bits per heavy atom. The minimum atomic E-state index is -5.01. The van der Waals surface area contributed by atoms with E-state index in [0.717, 1.165) is 32.5 Å². The van der Waals surface area contributed by atoms with Gasteiger partial charge in [0.1, 0.15) is 0 Å². The fourth-order valence-corrected chi connectivity index (χ4v) is 4.43. The van der Waals surface area contributed by atoms with Crippen LogP contribution in [0.2, 0.25) is 0 Å². The average Bonchev–Trinajstić information content (AvgIpc) is 2.86. The van der Waals surface area contributed by atoms with Crippen LogP contribution in [-0.4, -0.2) is 97.6 Å². The van der Waals surface area contributed by atoms with Crippen molar-refractivity contribution in [2.24, 2.45) is 0 Å². The molecule has 0 heterocycles. The van der Waals surface area contributed by atoms with Crippen LogP contribution in [0, 0.1) is 0 Å². The molecule has 39 heavy (non-hydrogen) atoms. The van der Waals surface area contributed by atoms with Gasteiger partial charge in [0, 0.05) is 13.2 Å². The van der Waals surface area contributed by atoms with E-state index >= 15 is 0 Å². The van der Waals surface area contributed by atoms with Gasteiger partial charge in [-0.25, -0.2) is 9.13 Å². The fraction of sp³-hybridized carbons (Fsp3) is 1.00. The van der Waals surface area contributed by atoms with Gasteiger partial charge in [-0.2, -0.15) is 4.31 Å². The molecule has 0 aromatic rings. The van der Waals surface area contributed by atoms with E-state index in [9.17, 15) is 9.13 Å². The van der Waals surface area contributed by atoms with Crippen molar-refractivity contribution < 1.29 is 61.8 Å². The SMILES string of the molecule is CCCCCCCCCCCCOP(=O)(O)OP(=O)(O)O.CCOCC.OCCOCCOCCOCCO. The van der Waals surface area contributed by atoms with Crippen LogP contribution < -0.4 is 0 Å². The van der Waals surface area contributed by atoms with Gasteiger partial charge in [-0.15, -0.1) is 0 Å². The molecule has 13 nitrogen and oxygen atoms in total. The molecule has 1 unspecified atom stereocenters. The number of ether oxygens (including phenoxy) is 4. The summed E-state index contributed by atoms with van der Waals surface area (Å²) in [4.78, 5) is 25.8. The van der Waals surface area contributed by atoms with Gasteiger partial charge >= 0.3 is 15.6 Å². The number of hydrogen-bond donors (Lipinski definition) is 5. The maximum absolute atomic E-state index is 11.1. The number of phosphoric acid groups is 2. The van der Waals surface area contributed by atoms with Crippen molar-refractivity contribution >= 4 is 15.6 Å². The van der Waals surface area contributed by atoms with Crippen LogP contribution >= 0.6 is 15.6 Å². The number of phosphoric ester groups is 1. The van der Waals surface area contributed by atoms with Crippen molar-refractivity contribution in [1.29, 1.82) is 0 Å². The lowest BCUT2D eigenvalue weighted by Gasteiger charge is -2.12. The average molecular weight is 615 g/mol. The first kappa shape index (κ1) is 43.5. The third-order valence-electron chi connectivity index (χ3n) is 4.59. The number of aliphatic hydroxyl groups excluding tert-OH is 2. The van der Waals surface area contributed by atoms with Gasteiger partial charge in [-0.1, -0.05) is 64.7 Å². The van der Waals surface area contributed by atoms with Gasteiger partial charge < -0.3 is 43.8 Å². The second kappa shape index (κ2) is 34.2. The van der Waals surface area contributed by atoms with Gasteiger partial charge in [0.25, 0.3) is 0 Å². The molecule has 15 heteroatoms. The van der Waals surface area contributed by atoms with Crippen molar-refractivity contribution in [3.8, 4) is 0 Å². The molecule has 0 fully saturated rings. The van der Waals surface area contributed by atoms with E-state index in [1.807, 2.05) is 13.8 Å². The molecule has 0 bridgehead atoms. The Kier molecular flexibility index (Phi) is 38.1. The summed E-state index contributed by atoms with van der Waals surface area (Å²) in [5, 5.41) is 16.7. The van der Waals surface area contributed by atoms with E-state index in [0.29, 0.717) is 46.1 Å². The van der Waals surface area contributed by atoms with Crippen LogP contribution in [0.5, 0.6) is 0 Å². The largest absolute Gasteiger partial charge is 0.481 e. The molecular weight excluding hydrogens is 558 g/mol. The highest BCUT2D eigenvalue weighted by Gasteiger charge is 2.31. The van der Waals surface area contributed by atoms with Gasteiger partial charge in [-0.3, -0.25) is 4.52 Å². The Morgan fingerprint density at radius 2 is 0.897 bits per heavy atom. The lowest BCUT2D eigenvalue weighted by molar-refractivity contribution is 0.00230. The van der Waals surface area contributed by atoms with Gasteiger partial charge in [0.2, 0.25) is 0 Å². The van der Waals surface area contributed by atoms with Gasteiger partial charge in [0.15, 0.2) is 0 Å². The maximum Gasteiger partial charge on any atom is 0.481 e. The predicted molar refractivity (Wildman–Crippen MR) is 150 cm³/mol. The Balaban J connectivity index is -0.000000609. The first-order chi connectivity index (χ1) is 18.6. The molecule has 1 atom stereocenters. The smallest absolute Gasteiger partial charge is 0.394 e. The second-order valence-electron chi connectivity index (χ2n) is 8.12. The van der Waals surface area contributed by atoms with Crippen molar-refractivity contribution in [2.45, 2.75) is 85.0 Å². The number of aliphatic hydroxyl groups is 2. The van der Waals surface area contributed by atoms with E-state index in [2.05, 4.69) is 15.8 Å². The molecule has 0 aliphatic carbocycles. The Morgan fingerprint density at radius 1 is 0.513 bits per heavy atom. The number of rotatable bonds is 26. The van der Waals surface area contributed by atoms with E-state index in [1.54, 1.807) is 0 Å². The van der Waals surface area contributed by atoms with Crippen LogP contribution in [0.15, 0.2) is 0 Å². The molecule has 0 aromatic heterocycles. The highest BCUT2D eigenvalue weighted by atomic mass is 31.3. The Hall–Kier alpha value is 0.0200. The Labute approximate surface area is 235 Å². The van der Waals surface area contributed by atoms with Crippen molar-refractivity contribution in [1.82, 2.24) is 0 Å². The third-order valence-corrected chi connectivity index (χ3v) is 6.77.